The van der Waals surface area contributed by atoms with Crippen LogP contribution in [0.3, 0.4) is 0 Å². The fourth-order valence-electron chi connectivity index (χ4n) is 8.18. The Balaban J connectivity index is 1.22. The van der Waals surface area contributed by atoms with E-state index in [1.165, 1.54) is 65.5 Å². The van der Waals surface area contributed by atoms with Crippen LogP contribution in [0.2, 0.25) is 0 Å². The molecule has 48 heavy (non-hydrogen) atoms. The highest BCUT2D eigenvalue weighted by atomic mass is 15.1. The van der Waals surface area contributed by atoms with Gasteiger partial charge in [-0.3, -0.25) is 0 Å². The van der Waals surface area contributed by atoms with Crippen LogP contribution < -0.4 is 10.6 Å². The molecule has 0 spiro atoms. The van der Waals surface area contributed by atoms with Crippen LogP contribution in [0.5, 0.6) is 0 Å². The average molecular weight is 617 g/mol. The summed E-state index contributed by atoms with van der Waals surface area (Å²) in [5.41, 5.74) is 10.7. The van der Waals surface area contributed by atoms with Crippen LogP contribution in [-0.2, 0) is 0 Å². The van der Waals surface area contributed by atoms with E-state index in [1.54, 1.807) is 0 Å². The van der Waals surface area contributed by atoms with Gasteiger partial charge in [0.05, 0.1) is 51.0 Å². The highest BCUT2D eigenvalue weighted by Gasteiger charge is 2.30. The monoisotopic (exact) mass is 616 g/mol. The van der Waals surface area contributed by atoms with Crippen molar-refractivity contribution in [2.75, 3.05) is 10.6 Å². The molecule has 0 radical (unpaired) electrons. The van der Waals surface area contributed by atoms with Crippen molar-refractivity contribution in [3.63, 3.8) is 0 Å². The number of nitrogens with one attached hydrogen (secondary N) is 2. The quantitative estimate of drug-likeness (QED) is 0.189. The molecule has 1 aliphatic rings. The summed E-state index contributed by atoms with van der Waals surface area (Å²) in [6.45, 7) is 4.12. The molecular weight excluding hydrogens is 585 g/mol. The summed E-state index contributed by atoms with van der Waals surface area (Å²) >= 11 is 0. The van der Waals surface area contributed by atoms with Crippen molar-refractivity contribution in [1.82, 2.24) is 8.97 Å². The Hall–Kier alpha value is -6.26. The van der Waals surface area contributed by atoms with E-state index in [-0.39, 0.29) is 12.1 Å². The number of benzene rings is 6. The first-order valence-corrected chi connectivity index (χ1v) is 16.6. The first-order chi connectivity index (χ1) is 23.8. The van der Waals surface area contributed by atoms with Crippen molar-refractivity contribution in [2.45, 2.75) is 12.1 Å². The number of nitrogens with zero attached hydrogens (tertiary/aromatic N) is 2. The summed E-state index contributed by atoms with van der Waals surface area (Å²) in [6, 6.07) is 48.1. The minimum Gasteiger partial charge on any atom is -0.374 e. The molecule has 2 unspecified atom stereocenters. The van der Waals surface area contributed by atoms with Gasteiger partial charge in [-0.05, 0) is 59.0 Å². The van der Waals surface area contributed by atoms with Gasteiger partial charge in [-0.15, -0.1) is 0 Å². The molecule has 0 amide bonds. The Morgan fingerprint density at radius 1 is 0.562 bits per heavy atom. The van der Waals surface area contributed by atoms with Gasteiger partial charge in [0.25, 0.3) is 0 Å². The maximum Gasteiger partial charge on any atom is 0.0758 e. The van der Waals surface area contributed by atoms with E-state index in [4.69, 9.17) is 0 Å². The Labute approximate surface area is 277 Å². The standard InChI is InChI=1S/C44H32N4/c1-2-13-28(42-43(29-14-4-3-5-15-29)46-35-21-8-7-20-34(35)45-42)26-27-47-37-23-11-17-31-33-19-10-18-32-30-16-6-9-22-36(30)48(44(32)33)39-25-12-24-38(47)41(39)40(31)37/h2-27,42-43,45-46H,1H2/b27-26-,28-13+. The topological polar surface area (TPSA) is 33.4 Å². The van der Waals surface area contributed by atoms with Crippen molar-refractivity contribution in [3.8, 4) is 0 Å². The van der Waals surface area contributed by atoms with Crippen LogP contribution in [0.25, 0.3) is 66.1 Å². The van der Waals surface area contributed by atoms with Gasteiger partial charge in [-0.1, -0.05) is 116 Å². The maximum atomic E-state index is 4.12. The molecule has 4 nitrogen and oxygen atoms in total. The van der Waals surface area contributed by atoms with Crippen LogP contribution in [0.15, 0.2) is 164 Å². The summed E-state index contributed by atoms with van der Waals surface area (Å²) in [5.74, 6) is 0. The maximum absolute atomic E-state index is 4.12. The molecule has 0 saturated carbocycles. The van der Waals surface area contributed by atoms with Crippen LogP contribution in [0.4, 0.5) is 11.4 Å². The summed E-state index contributed by atoms with van der Waals surface area (Å²) in [6.07, 6.45) is 8.52. The summed E-state index contributed by atoms with van der Waals surface area (Å²) in [7, 11) is 0. The number of allylic oxidation sites excluding steroid dienone is 2. The fraction of sp³-hybridized carbons (Fsp3) is 0.0455. The lowest BCUT2D eigenvalue weighted by Crippen LogP contribution is -2.37. The molecule has 0 fully saturated rings. The number of hydrogen-bond acceptors (Lipinski definition) is 2. The van der Waals surface area contributed by atoms with E-state index >= 15 is 0 Å². The van der Waals surface area contributed by atoms with Gasteiger partial charge in [0.15, 0.2) is 0 Å². The zero-order chi connectivity index (χ0) is 31.8. The SMILES string of the molecule is C=C/C=C(\C=C/n1c2cccc3c4cccc5c6ccccc6n(c6cccc1c6c32)c45)C1Nc2ccccc2NC1c1ccccc1. The van der Waals surface area contributed by atoms with Crippen molar-refractivity contribution in [3.05, 3.63) is 169 Å². The van der Waals surface area contributed by atoms with E-state index < -0.39 is 0 Å². The number of fused-ring (bicyclic) bond motifs is 6. The van der Waals surface area contributed by atoms with Crippen LogP contribution in [-0.4, -0.2) is 15.0 Å². The molecule has 4 heterocycles. The molecule has 1 aliphatic heterocycles. The average Bonchev–Trinajstić information content (AvgIpc) is 3.61. The number of rotatable bonds is 5. The summed E-state index contributed by atoms with van der Waals surface area (Å²) < 4.78 is 4.85. The molecular formula is C44H32N4. The Morgan fingerprint density at radius 3 is 2.00 bits per heavy atom. The predicted molar refractivity (Wildman–Crippen MR) is 204 cm³/mol. The number of anilines is 2. The lowest BCUT2D eigenvalue weighted by atomic mass is 9.90. The molecule has 2 atom stereocenters. The molecule has 2 N–H and O–H groups in total. The lowest BCUT2D eigenvalue weighted by molar-refractivity contribution is 0.681. The third kappa shape index (κ3) is 3.77. The highest BCUT2D eigenvalue weighted by molar-refractivity contribution is 6.31. The van der Waals surface area contributed by atoms with E-state index in [9.17, 15) is 0 Å². The van der Waals surface area contributed by atoms with Crippen molar-refractivity contribution < 1.29 is 0 Å². The third-order valence-corrected chi connectivity index (χ3v) is 10.2. The van der Waals surface area contributed by atoms with E-state index in [1.807, 2.05) is 6.08 Å². The molecule has 0 saturated heterocycles. The second-order valence-electron chi connectivity index (χ2n) is 12.7. The summed E-state index contributed by atoms with van der Waals surface area (Å²) in [4.78, 5) is 0. The van der Waals surface area contributed by atoms with Crippen LogP contribution in [0, 0.1) is 0 Å². The molecule has 3 aromatic heterocycles. The molecule has 4 heteroatoms. The lowest BCUT2D eigenvalue weighted by Gasteiger charge is -2.37. The zero-order valence-electron chi connectivity index (χ0n) is 26.3. The molecule has 0 aliphatic carbocycles. The van der Waals surface area contributed by atoms with Crippen molar-refractivity contribution in [1.29, 1.82) is 0 Å². The first-order valence-electron chi connectivity index (χ1n) is 16.6. The number of aromatic nitrogens is 2. The van der Waals surface area contributed by atoms with Gasteiger partial charge >= 0.3 is 0 Å². The zero-order valence-corrected chi connectivity index (χ0v) is 26.3. The second kappa shape index (κ2) is 10.4. The third-order valence-electron chi connectivity index (χ3n) is 10.2. The first kappa shape index (κ1) is 26.9. The molecule has 9 aromatic rings. The van der Waals surface area contributed by atoms with E-state index in [2.05, 4.69) is 178 Å². The largest absolute Gasteiger partial charge is 0.374 e. The molecule has 10 rings (SSSR count). The predicted octanol–water partition coefficient (Wildman–Crippen LogP) is 11.2. The normalized spacial score (nSPS) is 16.8. The minimum absolute atomic E-state index is 0.0268. The second-order valence-corrected chi connectivity index (χ2v) is 12.7. The molecule has 6 aromatic carbocycles. The van der Waals surface area contributed by atoms with Crippen LogP contribution >= 0.6 is 0 Å². The van der Waals surface area contributed by atoms with Gasteiger partial charge in [0, 0.05) is 33.1 Å². The number of hydrogen-bond donors (Lipinski definition) is 2. The highest BCUT2D eigenvalue weighted by Crippen LogP contribution is 2.43. The van der Waals surface area contributed by atoms with Crippen molar-refractivity contribution in [2.24, 2.45) is 0 Å². The van der Waals surface area contributed by atoms with Gasteiger partial charge in [0.2, 0.25) is 0 Å². The Kier molecular flexibility index (Phi) is 5.82. The Morgan fingerprint density at radius 2 is 1.17 bits per heavy atom. The van der Waals surface area contributed by atoms with Crippen molar-refractivity contribution >= 4 is 77.5 Å². The fourth-order valence-corrected chi connectivity index (χ4v) is 8.18. The molecule has 0 bridgehead atoms. The van der Waals surface area contributed by atoms with Gasteiger partial charge in [-0.25, -0.2) is 0 Å². The van der Waals surface area contributed by atoms with Gasteiger partial charge < -0.3 is 19.6 Å². The Bertz CT molecular complexity index is 2760. The van der Waals surface area contributed by atoms with Gasteiger partial charge in [-0.2, -0.15) is 0 Å². The summed E-state index contributed by atoms with van der Waals surface area (Å²) in [5, 5.41) is 15.4. The van der Waals surface area contributed by atoms with Crippen LogP contribution in [0.1, 0.15) is 11.6 Å². The van der Waals surface area contributed by atoms with E-state index in [0.717, 1.165) is 16.9 Å². The molecule has 228 valence electrons. The van der Waals surface area contributed by atoms with E-state index in [0.29, 0.717) is 0 Å². The number of para-hydroxylation sites is 4. The minimum atomic E-state index is -0.0268. The smallest absolute Gasteiger partial charge is 0.0758 e. The van der Waals surface area contributed by atoms with Gasteiger partial charge in [0.1, 0.15) is 0 Å².